The minimum Gasteiger partial charge on any atom is -0.467 e. The third-order valence-corrected chi connectivity index (χ3v) is 6.08. The normalized spacial score (nSPS) is 22.9. The van der Waals surface area contributed by atoms with Crippen molar-refractivity contribution in [2.45, 2.75) is 50.6 Å². The van der Waals surface area contributed by atoms with Crippen LogP contribution in [0.25, 0.3) is 0 Å². The van der Waals surface area contributed by atoms with Gasteiger partial charge in [0.25, 0.3) is 5.91 Å². The molecule has 5 atom stereocenters. The van der Waals surface area contributed by atoms with E-state index in [0.29, 0.717) is 5.56 Å². The molecule has 1 heterocycles. The molecule has 2 rings (SSSR count). The average molecular weight is 541 g/mol. The van der Waals surface area contributed by atoms with E-state index in [0.717, 1.165) is 39.6 Å². The summed E-state index contributed by atoms with van der Waals surface area (Å²) in [5.74, 6) is -3.58. The number of carbonyl (C=O) groups is 5. The quantitative estimate of drug-likeness (QED) is 0.184. The summed E-state index contributed by atoms with van der Waals surface area (Å²) in [6.07, 6.45) is -3.83. The van der Waals surface area contributed by atoms with Crippen molar-refractivity contribution < 1.29 is 52.9 Å². The van der Waals surface area contributed by atoms with Gasteiger partial charge >= 0.3 is 23.9 Å². The molecule has 0 saturated carbocycles. The largest absolute Gasteiger partial charge is 0.467 e. The number of esters is 4. The van der Waals surface area contributed by atoms with Crippen LogP contribution in [-0.2, 0) is 42.9 Å². The van der Waals surface area contributed by atoms with Gasteiger partial charge in [-0.05, 0) is 12.1 Å². The van der Waals surface area contributed by atoms with E-state index < -0.39 is 59.6 Å². The summed E-state index contributed by atoms with van der Waals surface area (Å²) in [6, 6.07) is 7.04. The van der Waals surface area contributed by atoms with Crippen LogP contribution in [0.1, 0.15) is 31.1 Å². The average Bonchev–Trinajstić information content (AvgIpc) is 2.86. The first-order valence-corrected chi connectivity index (χ1v) is 12.0. The van der Waals surface area contributed by atoms with Gasteiger partial charge in [0.15, 0.2) is 12.2 Å². The van der Waals surface area contributed by atoms with Crippen molar-refractivity contribution >= 4 is 47.3 Å². The number of hydrogen-bond acceptors (Lipinski definition) is 13. The molecule has 1 fully saturated rings. The summed E-state index contributed by atoms with van der Waals surface area (Å²) >= 11 is 0.908. The van der Waals surface area contributed by atoms with Gasteiger partial charge in [0.2, 0.25) is 0 Å². The third-order valence-electron chi connectivity index (χ3n) is 4.90. The number of methoxy groups -OCH3 is 1. The molecule has 0 bridgehead atoms. The number of nitrogens with zero attached hydrogens (tertiary/aromatic N) is 1. The summed E-state index contributed by atoms with van der Waals surface area (Å²) in [7, 11) is 1.15. The number of amides is 1. The predicted octanol–water partition coefficient (Wildman–Crippen LogP) is 0.673. The number of ether oxygens (including phenoxy) is 5. The number of oxime groups is 1. The van der Waals surface area contributed by atoms with E-state index in [4.69, 9.17) is 23.7 Å². The highest BCUT2D eigenvalue weighted by molar-refractivity contribution is 8.00. The zero-order chi connectivity index (χ0) is 27.5. The highest BCUT2D eigenvalue weighted by Gasteiger charge is 2.49. The summed E-state index contributed by atoms with van der Waals surface area (Å²) < 4.78 is 26.2. The van der Waals surface area contributed by atoms with Crippen molar-refractivity contribution in [1.82, 2.24) is 5.32 Å². The van der Waals surface area contributed by atoms with E-state index in [1.807, 2.05) is 0 Å². The molecule has 202 valence electrons. The van der Waals surface area contributed by atoms with Crippen LogP contribution in [0.15, 0.2) is 35.5 Å². The van der Waals surface area contributed by atoms with Crippen LogP contribution in [0, 0.1) is 0 Å². The Hall–Kier alpha value is -3.65. The zero-order valence-corrected chi connectivity index (χ0v) is 21.4. The summed E-state index contributed by atoms with van der Waals surface area (Å²) in [5, 5.41) is 15.5. The Kier molecular flexibility index (Phi) is 11.3. The fourth-order valence-electron chi connectivity index (χ4n) is 3.33. The number of nitrogens with one attached hydrogen (secondary N) is 1. The van der Waals surface area contributed by atoms with Crippen LogP contribution in [0.5, 0.6) is 0 Å². The Morgan fingerprint density at radius 1 is 1.05 bits per heavy atom. The second-order valence-electron chi connectivity index (χ2n) is 7.69. The Bertz CT molecular complexity index is 1020. The summed E-state index contributed by atoms with van der Waals surface area (Å²) in [5.41, 5.74) is -1.08. The van der Waals surface area contributed by atoms with Crippen LogP contribution < -0.4 is 5.32 Å². The van der Waals surface area contributed by atoms with Gasteiger partial charge in [0, 0.05) is 32.1 Å². The van der Waals surface area contributed by atoms with Crippen molar-refractivity contribution in [2.75, 3.05) is 19.5 Å². The van der Waals surface area contributed by atoms with E-state index in [9.17, 15) is 29.2 Å². The minimum absolute atomic E-state index is 0.125. The lowest BCUT2D eigenvalue weighted by Gasteiger charge is -2.40. The molecule has 1 aliphatic rings. The van der Waals surface area contributed by atoms with Crippen LogP contribution in [-0.4, -0.2) is 90.0 Å². The maximum atomic E-state index is 12.6. The van der Waals surface area contributed by atoms with Gasteiger partial charge in [-0.1, -0.05) is 23.4 Å². The molecular formula is C23H28N2O11S. The molecule has 0 aromatic heterocycles. The molecule has 1 saturated heterocycles. The Morgan fingerprint density at radius 3 is 2.24 bits per heavy atom. The minimum atomic E-state index is -1.39. The second kappa shape index (κ2) is 14.2. The van der Waals surface area contributed by atoms with Crippen LogP contribution in [0.2, 0.25) is 0 Å². The van der Waals surface area contributed by atoms with Crippen molar-refractivity contribution in [3.05, 3.63) is 35.9 Å². The van der Waals surface area contributed by atoms with Crippen molar-refractivity contribution in [3.63, 3.8) is 0 Å². The number of thioether (sulfide) groups is 1. The van der Waals surface area contributed by atoms with E-state index in [1.54, 1.807) is 30.3 Å². The molecule has 14 heteroatoms. The van der Waals surface area contributed by atoms with Crippen LogP contribution in [0.3, 0.4) is 0 Å². The molecular weight excluding hydrogens is 512 g/mol. The fraction of sp³-hybridized carbons (Fsp3) is 0.478. The smallest absolute Gasteiger partial charge is 0.329 e. The molecule has 0 aliphatic carbocycles. The molecule has 13 nitrogen and oxygen atoms in total. The first-order chi connectivity index (χ1) is 17.6. The molecule has 0 unspecified atom stereocenters. The molecule has 0 spiro atoms. The fourth-order valence-corrected chi connectivity index (χ4v) is 4.49. The van der Waals surface area contributed by atoms with E-state index >= 15 is 0 Å². The van der Waals surface area contributed by atoms with Crippen molar-refractivity contribution in [2.24, 2.45) is 5.16 Å². The van der Waals surface area contributed by atoms with Crippen LogP contribution >= 0.6 is 11.8 Å². The predicted molar refractivity (Wildman–Crippen MR) is 128 cm³/mol. The first kappa shape index (κ1) is 29.6. The van der Waals surface area contributed by atoms with Gasteiger partial charge in [-0.3, -0.25) is 19.2 Å². The van der Waals surface area contributed by atoms with Gasteiger partial charge in [-0.25, -0.2) is 4.79 Å². The molecule has 0 radical (unpaired) electrons. The maximum absolute atomic E-state index is 12.6. The molecule has 1 aromatic rings. The van der Waals surface area contributed by atoms with E-state index in [2.05, 4.69) is 10.5 Å². The first-order valence-electron chi connectivity index (χ1n) is 11.0. The summed E-state index contributed by atoms with van der Waals surface area (Å²) in [4.78, 5) is 59.9. The maximum Gasteiger partial charge on any atom is 0.329 e. The lowest BCUT2D eigenvalue weighted by molar-refractivity contribution is -0.184. The molecule has 1 aromatic carbocycles. The standard InChI is InChI=1S/C23H28N2O11S/c1-12(26)33-10-17-19(34-13(2)27)20(35-14(3)28)18(25-31)23(36-17)37-11-16(22(30)32-4)24-21(29)15-8-6-5-7-9-15/h5-9,16-17,19-20,23,31H,10-11H2,1-4H3,(H,24,29)/b25-18-/t16-,17+,19-,20+,23-/m0/s1. The topological polar surface area (TPSA) is 176 Å². The zero-order valence-electron chi connectivity index (χ0n) is 20.6. The number of benzene rings is 1. The van der Waals surface area contributed by atoms with Crippen LogP contribution in [0.4, 0.5) is 0 Å². The Balaban J connectivity index is 2.29. The van der Waals surface area contributed by atoms with E-state index in [-0.39, 0.29) is 18.1 Å². The second-order valence-corrected chi connectivity index (χ2v) is 8.78. The van der Waals surface area contributed by atoms with Crippen molar-refractivity contribution in [1.29, 1.82) is 0 Å². The van der Waals surface area contributed by atoms with Gasteiger partial charge in [-0.2, -0.15) is 0 Å². The van der Waals surface area contributed by atoms with Gasteiger partial charge < -0.3 is 34.2 Å². The van der Waals surface area contributed by atoms with Crippen molar-refractivity contribution in [3.8, 4) is 0 Å². The Labute approximate surface area is 216 Å². The molecule has 1 amide bonds. The number of carbonyl (C=O) groups excluding carboxylic acids is 5. The number of hydrogen-bond donors (Lipinski definition) is 2. The molecule has 37 heavy (non-hydrogen) atoms. The Morgan fingerprint density at radius 2 is 1.70 bits per heavy atom. The number of rotatable bonds is 10. The highest BCUT2D eigenvalue weighted by atomic mass is 32.2. The SMILES string of the molecule is COC(=O)[C@H](CS[C@@H]1O[C@H](COC(C)=O)[C@H](OC(C)=O)[C@H](OC(C)=O)/C1=N/O)NC(=O)c1ccccc1. The lowest BCUT2D eigenvalue weighted by atomic mass is 10.00. The molecule has 1 aliphatic heterocycles. The lowest BCUT2D eigenvalue weighted by Crippen LogP contribution is -2.59. The van der Waals surface area contributed by atoms with Gasteiger partial charge in [0.05, 0.1) is 7.11 Å². The van der Waals surface area contributed by atoms with Gasteiger partial charge in [-0.15, -0.1) is 11.8 Å². The van der Waals surface area contributed by atoms with E-state index in [1.165, 1.54) is 0 Å². The third kappa shape index (κ3) is 8.75. The van der Waals surface area contributed by atoms with Gasteiger partial charge in [0.1, 0.15) is 29.9 Å². The molecule has 2 N–H and O–H groups in total. The summed E-state index contributed by atoms with van der Waals surface area (Å²) in [6.45, 7) is 2.99. The highest BCUT2D eigenvalue weighted by Crippen LogP contribution is 2.31. The monoisotopic (exact) mass is 540 g/mol.